The first-order chi connectivity index (χ1) is 19.8. The summed E-state index contributed by atoms with van der Waals surface area (Å²) in [7, 11) is 1.67. The number of methoxy groups -OCH3 is 1. The van der Waals surface area contributed by atoms with Crippen molar-refractivity contribution in [1.29, 1.82) is 0 Å². The molecule has 2 aliphatic heterocycles. The summed E-state index contributed by atoms with van der Waals surface area (Å²) in [5.74, 6) is -0.602. The number of hydrogen-bond acceptors (Lipinski definition) is 8. The molecule has 1 aliphatic carbocycles. The van der Waals surface area contributed by atoms with Gasteiger partial charge in [0.2, 0.25) is 0 Å². The molecule has 3 aromatic heterocycles. The number of alkyl halides is 3. The summed E-state index contributed by atoms with van der Waals surface area (Å²) in [6, 6.07) is 3.03. The van der Waals surface area contributed by atoms with Crippen LogP contribution in [0.2, 0.25) is 0 Å². The first-order valence-electron chi connectivity index (χ1n) is 13.8. The van der Waals surface area contributed by atoms with Crippen molar-refractivity contribution in [3.63, 3.8) is 0 Å². The molecule has 1 saturated carbocycles. The highest BCUT2D eigenvalue weighted by Gasteiger charge is 2.34. The molecule has 1 aromatic carbocycles. The molecule has 4 aromatic rings. The molecular formula is C28H28F4N6O2S. The van der Waals surface area contributed by atoms with Crippen LogP contribution in [0.3, 0.4) is 0 Å². The van der Waals surface area contributed by atoms with Crippen LogP contribution in [0.25, 0.3) is 21.6 Å². The number of benzene rings is 1. The van der Waals surface area contributed by atoms with Gasteiger partial charge in [-0.05, 0) is 50.3 Å². The van der Waals surface area contributed by atoms with E-state index in [2.05, 4.69) is 10.00 Å². The number of fused-ring (bicyclic) bond motifs is 1. The molecule has 0 bridgehead atoms. The van der Waals surface area contributed by atoms with Gasteiger partial charge in [0.25, 0.3) is 0 Å². The molecule has 5 heterocycles. The number of ether oxygens (including phenoxy) is 2. The van der Waals surface area contributed by atoms with Gasteiger partial charge in [0.1, 0.15) is 16.3 Å². The van der Waals surface area contributed by atoms with Gasteiger partial charge in [-0.2, -0.15) is 23.3 Å². The lowest BCUT2D eigenvalue weighted by Crippen LogP contribution is -2.21. The third-order valence-corrected chi connectivity index (χ3v) is 9.24. The van der Waals surface area contributed by atoms with E-state index in [-0.39, 0.29) is 29.4 Å². The van der Waals surface area contributed by atoms with Crippen LogP contribution in [0.1, 0.15) is 67.1 Å². The van der Waals surface area contributed by atoms with E-state index in [1.165, 1.54) is 11.3 Å². The topological polar surface area (TPSA) is 78.2 Å². The Morgan fingerprint density at radius 1 is 1.10 bits per heavy atom. The Labute approximate surface area is 237 Å². The lowest BCUT2D eigenvalue weighted by atomic mass is 9.92. The van der Waals surface area contributed by atoms with Gasteiger partial charge in [0.05, 0.1) is 35.7 Å². The molecule has 216 valence electrons. The molecular weight excluding hydrogens is 560 g/mol. The summed E-state index contributed by atoms with van der Waals surface area (Å²) in [5, 5.41) is 5.20. The zero-order valence-corrected chi connectivity index (χ0v) is 23.1. The number of aromatic nitrogens is 5. The number of halogens is 4. The van der Waals surface area contributed by atoms with E-state index in [1.54, 1.807) is 7.11 Å². The molecule has 0 radical (unpaired) electrons. The van der Waals surface area contributed by atoms with E-state index in [1.807, 2.05) is 17.1 Å². The summed E-state index contributed by atoms with van der Waals surface area (Å²) in [4.78, 5) is 16.5. The number of anilines is 1. The fourth-order valence-electron chi connectivity index (χ4n) is 5.63. The maximum Gasteiger partial charge on any atom is 0.416 e. The zero-order chi connectivity index (χ0) is 28.3. The average Bonchev–Trinajstić information content (AvgIpc) is 3.35. The van der Waals surface area contributed by atoms with Crippen LogP contribution in [0.15, 0.2) is 30.6 Å². The van der Waals surface area contributed by atoms with Crippen molar-refractivity contribution in [3.05, 3.63) is 53.4 Å². The van der Waals surface area contributed by atoms with E-state index in [0.717, 1.165) is 43.5 Å². The van der Waals surface area contributed by atoms with Crippen molar-refractivity contribution in [3.8, 4) is 11.3 Å². The van der Waals surface area contributed by atoms with Crippen molar-refractivity contribution in [2.45, 2.75) is 62.4 Å². The monoisotopic (exact) mass is 588 g/mol. The minimum absolute atomic E-state index is 0.00707. The Balaban J connectivity index is 1.27. The first-order valence-corrected chi connectivity index (χ1v) is 14.6. The number of thiazole rings is 1. The Morgan fingerprint density at radius 3 is 2.68 bits per heavy atom. The summed E-state index contributed by atoms with van der Waals surface area (Å²) in [5.41, 5.74) is 0.611. The molecule has 3 aliphatic rings. The maximum atomic E-state index is 15.3. The lowest BCUT2D eigenvalue weighted by molar-refractivity contribution is -0.137. The van der Waals surface area contributed by atoms with Crippen molar-refractivity contribution < 1.29 is 27.0 Å². The van der Waals surface area contributed by atoms with Gasteiger partial charge in [-0.15, -0.1) is 0 Å². The second-order valence-corrected chi connectivity index (χ2v) is 11.9. The largest absolute Gasteiger partial charge is 0.416 e. The smallest absolute Gasteiger partial charge is 0.380 e. The molecule has 2 saturated heterocycles. The van der Waals surface area contributed by atoms with E-state index in [0.29, 0.717) is 59.4 Å². The minimum Gasteiger partial charge on any atom is -0.380 e. The Kier molecular flexibility index (Phi) is 6.70. The van der Waals surface area contributed by atoms with Gasteiger partial charge in [-0.25, -0.2) is 14.4 Å². The minimum atomic E-state index is -4.65. The summed E-state index contributed by atoms with van der Waals surface area (Å²) >= 11 is 1.32. The highest BCUT2D eigenvalue weighted by molar-refractivity contribution is 7.22. The maximum absolute atomic E-state index is 15.3. The third-order valence-electron chi connectivity index (χ3n) is 8.12. The van der Waals surface area contributed by atoms with Gasteiger partial charge < -0.3 is 14.4 Å². The van der Waals surface area contributed by atoms with E-state index >= 15 is 4.39 Å². The van der Waals surface area contributed by atoms with Crippen LogP contribution in [-0.4, -0.2) is 57.6 Å². The standard InChI is InChI=1S/C28H28F4N6O2S/c1-39-19-6-8-37(14-19)27-36-26-24(41-27)23(20-5-2-17(11-21(20)29)28(30,31)32)34-25(35-26)15-7-9-40-22(10-15)16-12-33-38(13-16)18-3-4-18/h2,5,11-13,15,18-19,22H,3-4,6-10,14H2,1H3/t15-,19+,22+/m0/s1. The number of nitrogens with zero attached hydrogens (tertiary/aromatic N) is 6. The predicted molar refractivity (Wildman–Crippen MR) is 144 cm³/mol. The highest BCUT2D eigenvalue weighted by Crippen LogP contribution is 2.42. The summed E-state index contributed by atoms with van der Waals surface area (Å²) < 4.78 is 69.3. The van der Waals surface area contributed by atoms with Crippen molar-refractivity contribution in [2.24, 2.45) is 0 Å². The molecule has 0 unspecified atom stereocenters. The Hall–Kier alpha value is -3.16. The Morgan fingerprint density at radius 2 is 1.95 bits per heavy atom. The van der Waals surface area contributed by atoms with Crippen LogP contribution in [0.5, 0.6) is 0 Å². The molecule has 3 atom stereocenters. The average molecular weight is 589 g/mol. The molecule has 7 rings (SSSR count). The van der Waals surface area contributed by atoms with Crippen LogP contribution in [0.4, 0.5) is 22.7 Å². The van der Waals surface area contributed by atoms with Crippen LogP contribution in [0, 0.1) is 5.82 Å². The predicted octanol–water partition coefficient (Wildman–Crippen LogP) is 6.30. The van der Waals surface area contributed by atoms with Gasteiger partial charge in [-0.1, -0.05) is 11.3 Å². The third kappa shape index (κ3) is 5.19. The lowest BCUT2D eigenvalue weighted by Gasteiger charge is -2.28. The molecule has 3 fully saturated rings. The number of hydrogen-bond donors (Lipinski definition) is 0. The number of rotatable bonds is 6. The summed E-state index contributed by atoms with van der Waals surface area (Å²) in [6.07, 6.45) is 3.50. The normalized spacial score (nSPS) is 23.5. The van der Waals surface area contributed by atoms with E-state index in [4.69, 9.17) is 24.4 Å². The quantitative estimate of drug-likeness (QED) is 0.245. The van der Waals surface area contributed by atoms with Gasteiger partial charge in [0, 0.05) is 50.0 Å². The van der Waals surface area contributed by atoms with Gasteiger partial charge in [-0.3, -0.25) is 4.68 Å². The van der Waals surface area contributed by atoms with Crippen molar-refractivity contribution in [2.75, 3.05) is 31.7 Å². The van der Waals surface area contributed by atoms with Crippen LogP contribution < -0.4 is 4.90 Å². The Bertz CT molecular complexity index is 1590. The molecule has 0 N–H and O–H groups in total. The molecule has 41 heavy (non-hydrogen) atoms. The SMILES string of the molecule is CO[C@@H]1CCN(c2nc3nc([C@H]4CCO[C@@H](c5cnn(C6CC6)c5)C4)nc(-c4ccc(C(F)(F)F)cc4F)c3s2)C1. The van der Waals surface area contributed by atoms with Gasteiger partial charge >= 0.3 is 6.18 Å². The fourth-order valence-corrected chi connectivity index (χ4v) is 6.67. The summed E-state index contributed by atoms with van der Waals surface area (Å²) in [6.45, 7) is 1.90. The highest BCUT2D eigenvalue weighted by atomic mass is 32.1. The molecule has 8 nitrogen and oxygen atoms in total. The van der Waals surface area contributed by atoms with Gasteiger partial charge in [0.15, 0.2) is 10.8 Å². The molecule has 0 amide bonds. The molecule has 0 spiro atoms. The first kappa shape index (κ1) is 26.7. The molecule has 13 heteroatoms. The van der Waals surface area contributed by atoms with E-state index in [9.17, 15) is 13.2 Å². The zero-order valence-electron chi connectivity index (χ0n) is 22.3. The second kappa shape index (κ2) is 10.3. The van der Waals surface area contributed by atoms with Crippen LogP contribution in [-0.2, 0) is 15.7 Å². The second-order valence-electron chi connectivity index (χ2n) is 10.9. The van der Waals surface area contributed by atoms with Crippen LogP contribution >= 0.6 is 11.3 Å². The van der Waals surface area contributed by atoms with Crippen molar-refractivity contribution in [1.82, 2.24) is 24.7 Å². The fraction of sp³-hybridized carbons (Fsp3) is 0.500. The van der Waals surface area contributed by atoms with E-state index < -0.39 is 17.6 Å². The van der Waals surface area contributed by atoms with Crippen molar-refractivity contribution >= 4 is 26.8 Å².